The van der Waals surface area contributed by atoms with E-state index in [1.807, 2.05) is 38.1 Å². The SMILES string of the molecule is CCCCNC(=O)[C@@H](C)N(Cc1ccc(C)cc1)C(=O)CN(c1ccc(OC)cc1)S(C)(=O)=O. The number of carbonyl (C=O) groups excluding carboxylic acids is 2. The van der Waals surface area contributed by atoms with E-state index in [0.29, 0.717) is 18.0 Å². The summed E-state index contributed by atoms with van der Waals surface area (Å²) in [5.41, 5.74) is 2.27. The largest absolute Gasteiger partial charge is 0.497 e. The summed E-state index contributed by atoms with van der Waals surface area (Å²) in [6, 6.07) is 13.3. The molecule has 8 nitrogen and oxygen atoms in total. The fourth-order valence-electron chi connectivity index (χ4n) is 3.37. The van der Waals surface area contributed by atoms with Crippen LogP contribution in [0.2, 0.25) is 0 Å². The van der Waals surface area contributed by atoms with Crippen LogP contribution in [-0.4, -0.2) is 57.6 Å². The summed E-state index contributed by atoms with van der Waals surface area (Å²) >= 11 is 0. The Hall–Kier alpha value is -3.07. The fourth-order valence-corrected chi connectivity index (χ4v) is 4.22. The fraction of sp³-hybridized carbons (Fsp3) is 0.440. The van der Waals surface area contributed by atoms with Crippen LogP contribution in [0.4, 0.5) is 5.69 Å². The number of nitrogens with zero attached hydrogens (tertiary/aromatic N) is 2. The second-order valence-electron chi connectivity index (χ2n) is 8.30. The second-order valence-corrected chi connectivity index (χ2v) is 10.2. The van der Waals surface area contributed by atoms with Crippen LogP contribution >= 0.6 is 0 Å². The molecular weight excluding hydrogens is 454 g/mol. The van der Waals surface area contributed by atoms with E-state index in [-0.39, 0.29) is 12.5 Å². The zero-order valence-corrected chi connectivity index (χ0v) is 21.4. The first kappa shape index (κ1) is 27.2. The van der Waals surface area contributed by atoms with Crippen LogP contribution in [0.3, 0.4) is 0 Å². The highest BCUT2D eigenvalue weighted by Crippen LogP contribution is 2.22. The number of ether oxygens (including phenoxy) is 1. The molecular formula is C25H35N3O5S. The number of anilines is 1. The Kier molecular flexibility index (Phi) is 9.92. The van der Waals surface area contributed by atoms with Crippen LogP contribution < -0.4 is 14.4 Å². The molecule has 0 radical (unpaired) electrons. The van der Waals surface area contributed by atoms with Crippen molar-refractivity contribution in [3.63, 3.8) is 0 Å². The van der Waals surface area contributed by atoms with Gasteiger partial charge in [-0.25, -0.2) is 8.42 Å². The first-order chi connectivity index (χ1) is 16.1. The molecule has 1 atom stereocenters. The summed E-state index contributed by atoms with van der Waals surface area (Å²) in [4.78, 5) is 27.7. The predicted molar refractivity (Wildman–Crippen MR) is 134 cm³/mol. The molecule has 0 bridgehead atoms. The first-order valence-corrected chi connectivity index (χ1v) is 13.2. The summed E-state index contributed by atoms with van der Waals surface area (Å²) in [6.07, 6.45) is 2.82. The van der Waals surface area contributed by atoms with Crippen LogP contribution in [0.25, 0.3) is 0 Å². The summed E-state index contributed by atoms with van der Waals surface area (Å²) < 4.78 is 31.3. The average Bonchev–Trinajstić information content (AvgIpc) is 2.81. The Bertz CT molecular complexity index is 1050. The molecule has 186 valence electrons. The summed E-state index contributed by atoms with van der Waals surface area (Å²) in [6.45, 7) is 5.93. The van der Waals surface area contributed by atoms with Gasteiger partial charge in [-0.2, -0.15) is 0 Å². The van der Waals surface area contributed by atoms with Crippen molar-refractivity contribution in [3.05, 3.63) is 59.7 Å². The van der Waals surface area contributed by atoms with E-state index >= 15 is 0 Å². The lowest BCUT2D eigenvalue weighted by atomic mass is 10.1. The van der Waals surface area contributed by atoms with Crippen molar-refractivity contribution >= 4 is 27.5 Å². The van der Waals surface area contributed by atoms with Crippen molar-refractivity contribution in [1.82, 2.24) is 10.2 Å². The van der Waals surface area contributed by atoms with Crippen molar-refractivity contribution in [1.29, 1.82) is 0 Å². The van der Waals surface area contributed by atoms with Crippen LogP contribution in [0, 0.1) is 6.92 Å². The number of hydrogen-bond donors (Lipinski definition) is 1. The van der Waals surface area contributed by atoms with Gasteiger partial charge in [-0.05, 0) is 50.1 Å². The van der Waals surface area contributed by atoms with Crippen LogP contribution in [0.5, 0.6) is 5.75 Å². The lowest BCUT2D eigenvalue weighted by molar-refractivity contribution is -0.139. The summed E-state index contributed by atoms with van der Waals surface area (Å²) in [5, 5.41) is 2.86. The molecule has 2 amide bonds. The normalized spacial score (nSPS) is 12.0. The molecule has 0 aliphatic carbocycles. The average molecular weight is 490 g/mol. The number of unbranched alkanes of at least 4 members (excludes halogenated alkanes) is 1. The Labute approximate surface area is 202 Å². The van der Waals surface area contributed by atoms with Gasteiger partial charge >= 0.3 is 0 Å². The smallest absolute Gasteiger partial charge is 0.244 e. The third-order valence-electron chi connectivity index (χ3n) is 5.51. The molecule has 0 aromatic heterocycles. The van der Waals surface area contributed by atoms with Gasteiger partial charge in [0, 0.05) is 13.1 Å². The molecule has 0 saturated carbocycles. The molecule has 1 N–H and O–H groups in total. The van der Waals surface area contributed by atoms with E-state index < -0.39 is 28.5 Å². The minimum absolute atomic E-state index is 0.182. The number of methoxy groups -OCH3 is 1. The lowest BCUT2D eigenvalue weighted by Crippen LogP contribution is -2.51. The van der Waals surface area contributed by atoms with E-state index in [0.717, 1.165) is 34.5 Å². The van der Waals surface area contributed by atoms with Crippen molar-refractivity contribution in [2.24, 2.45) is 0 Å². The first-order valence-electron chi connectivity index (χ1n) is 11.3. The van der Waals surface area contributed by atoms with Gasteiger partial charge in [0.25, 0.3) is 0 Å². The molecule has 34 heavy (non-hydrogen) atoms. The van der Waals surface area contributed by atoms with E-state index in [1.54, 1.807) is 31.2 Å². The maximum Gasteiger partial charge on any atom is 0.244 e. The van der Waals surface area contributed by atoms with Gasteiger partial charge in [0.1, 0.15) is 18.3 Å². The van der Waals surface area contributed by atoms with Crippen molar-refractivity contribution < 1.29 is 22.7 Å². The van der Waals surface area contributed by atoms with Crippen molar-refractivity contribution in [3.8, 4) is 5.75 Å². The number of amides is 2. The monoisotopic (exact) mass is 489 g/mol. The van der Waals surface area contributed by atoms with Crippen LogP contribution in [-0.2, 0) is 26.2 Å². The van der Waals surface area contributed by atoms with Gasteiger partial charge in [0.15, 0.2) is 0 Å². The molecule has 0 aliphatic rings. The quantitative estimate of drug-likeness (QED) is 0.462. The number of aryl methyl sites for hydroxylation is 1. The van der Waals surface area contributed by atoms with Gasteiger partial charge in [0.05, 0.1) is 19.1 Å². The highest BCUT2D eigenvalue weighted by Gasteiger charge is 2.30. The Morgan fingerprint density at radius 1 is 1.06 bits per heavy atom. The van der Waals surface area contributed by atoms with Crippen LogP contribution in [0.1, 0.15) is 37.8 Å². The third-order valence-corrected chi connectivity index (χ3v) is 6.65. The molecule has 0 fully saturated rings. The number of sulfonamides is 1. The molecule has 0 saturated heterocycles. The van der Waals surface area contributed by atoms with Gasteiger partial charge in [-0.1, -0.05) is 43.2 Å². The zero-order chi connectivity index (χ0) is 25.3. The minimum Gasteiger partial charge on any atom is -0.497 e. The minimum atomic E-state index is -3.76. The van der Waals surface area contributed by atoms with E-state index in [9.17, 15) is 18.0 Å². The van der Waals surface area contributed by atoms with Crippen molar-refractivity contribution in [2.75, 3.05) is 30.8 Å². The molecule has 0 heterocycles. The maximum absolute atomic E-state index is 13.5. The highest BCUT2D eigenvalue weighted by atomic mass is 32.2. The number of hydrogen-bond acceptors (Lipinski definition) is 5. The standard InChI is InChI=1S/C25H35N3O5S/c1-6-7-16-26-25(30)20(3)27(17-21-10-8-19(2)9-11-21)24(29)18-28(34(5,31)32)22-12-14-23(33-4)15-13-22/h8-15,20H,6-7,16-18H2,1-5H3,(H,26,30)/t20-/m1/s1. The highest BCUT2D eigenvalue weighted by molar-refractivity contribution is 7.92. The van der Waals surface area contributed by atoms with E-state index in [2.05, 4.69) is 5.32 Å². The maximum atomic E-state index is 13.5. The molecule has 2 aromatic carbocycles. The Balaban J connectivity index is 2.32. The van der Waals surface area contributed by atoms with Gasteiger partial charge in [0.2, 0.25) is 21.8 Å². The number of carbonyl (C=O) groups is 2. The second kappa shape index (κ2) is 12.4. The van der Waals surface area contributed by atoms with Crippen LogP contribution in [0.15, 0.2) is 48.5 Å². The molecule has 2 aromatic rings. The predicted octanol–water partition coefficient (Wildman–Crippen LogP) is 3.10. The molecule has 2 rings (SSSR count). The molecule has 0 aliphatic heterocycles. The molecule has 0 spiro atoms. The molecule has 0 unspecified atom stereocenters. The van der Waals surface area contributed by atoms with Gasteiger partial charge < -0.3 is 15.0 Å². The third kappa shape index (κ3) is 7.76. The lowest BCUT2D eigenvalue weighted by Gasteiger charge is -2.31. The summed E-state index contributed by atoms with van der Waals surface area (Å²) in [5.74, 6) is -0.175. The Morgan fingerprint density at radius 3 is 2.21 bits per heavy atom. The van der Waals surface area contributed by atoms with Crippen molar-refractivity contribution in [2.45, 2.75) is 46.2 Å². The number of rotatable bonds is 12. The molecule has 9 heteroatoms. The number of nitrogens with one attached hydrogen (secondary N) is 1. The Morgan fingerprint density at radius 2 is 1.68 bits per heavy atom. The van der Waals surface area contributed by atoms with E-state index in [1.165, 1.54) is 12.0 Å². The van der Waals surface area contributed by atoms with E-state index in [4.69, 9.17) is 4.74 Å². The number of benzene rings is 2. The van der Waals surface area contributed by atoms with Gasteiger partial charge in [-0.3, -0.25) is 13.9 Å². The summed E-state index contributed by atoms with van der Waals surface area (Å²) in [7, 11) is -2.25. The zero-order valence-electron chi connectivity index (χ0n) is 20.6. The topological polar surface area (TPSA) is 96.0 Å². The van der Waals surface area contributed by atoms with Gasteiger partial charge in [-0.15, -0.1) is 0 Å².